The number of hydrogen-bond donors (Lipinski definition) is 0. The molecule has 0 radical (unpaired) electrons. The van der Waals surface area contributed by atoms with Crippen molar-refractivity contribution >= 4 is 17.7 Å². The number of benzene rings is 1. The number of carbonyl (C=O) groups is 1. The van der Waals surface area contributed by atoms with Crippen molar-refractivity contribution in [3.05, 3.63) is 35.4 Å². The van der Waals surface area contributed by atoms with Gasteiger partial charge in [-0.25, -0.2) is 0 Å². The van der Waals surface area contributed by atoms with E-state index in [-0.39, 0.29) is 5.92 Å². The van der Waals surface area contributed by atoms with Crippen LogP contribution in [-0.4, -0.2) is 77.4 Å². The van der Waals surface area contributed by atoms with Gasteiger partial charge in [-0.1, -0.05) is 24.3 Å². The molecule has 5 heteroatoms. The second kappa shape index (κ2) is 9.64. The summed E-state index contributed by atoms with van der Waals surface area (Å²) < 4.78 is 0. The molecule has 0 unspecified atom stereocenters. The standard InChI is InChI=1S/C23H35N3OS/c1-19-4-2-3-5-21(19)18-24-10-8-22(9-11-24)25-12-6-20(7-13-25)23(27)26-14-16-28-17-15-26/h2-5,20,22H,6-18H2,1H3. The third-order valence-electron chi connectivity index (χ3n) is 6.93. The van der Waals surface area contributed by atoms with Crippen LogP contribution in [-0.2, 0) is 11.3 Å². The van der Waals surface area contributed by atoms with Crippen LogP contribution in [0.3, 0.4) is 0 Å². The molecule has 3 saturated heterocycles. The number of amides is 1. The molecule has 0 spiro atoms. The van der Waals surface area contributed by atoms with Crippen molar-refractivity contribution in [1.29, 1.82) is 0 Å². The van der Waals surface area contributed by atoms with E-state index >= 15 is 0 Å². The van der Waals surface area contributed by atoms with E-state index in [1.54, 1.807) is 0 Å². The van der Waals surface area contributed by atoms with Crippen LogP contribution < -0.4 is 0 Å². The fraction of sp³-hybridized carbons (Fsp3) is 0.696. The number of carbonyl (C=O) groups excluding carboxylic acids is 1. The quantitative estimate of drug-likeness (QED) is 0.774. The Morgan fingerprint density at radius 2 is 1.64 bits per heavy atom. The van der Waals surface area contributed by atoms with Crippen molar-refractivity contribution in [1.82, 2.24) is 14.7 Å². The zero-order valence-electron chi connectivity index (χ0n) is 17.3. The van der Waals surface area contributed by atoms with Gasteiger partial charge >= 0.3 is 0 Å². The van der Waals surface area contributed by atoms with Crippen LogP contribution in [0.15, 0.2) is 24.3 Å². The lowest BCUT2D eigenvalue weighted by molar-refractivity contribution is -0.137. The molecule has 4 rings (SSSR count). The average molecular weight is 402 g/mol. The molecule has 1 aromatic carbocycles. The third-order valence-corrected chi connectivity index (χ3v) is 7.87. The van der Waals surface area contributed by atoms with Crippen LogP contribution in [0.5, 0.6) is 0 Å². The number of hydrogen-bond acceptors (Lipinski definition) is 4. The minimum absolute atomic E-state index is 0.278. The monoisotopic (exact) mass is 401 g/mol. The van der Waals surface area contributed by atoms with Crippen LogP contribution in [0.2, 0.25) is 0 Å². The van der Waals surface area contributed by atoms with E-state index in [9.17, 15) is 4.79 Å². The van der Waals surface area contributed by atoms with Crippen molar-refractivity contribution < 1.29 is 4.79 Å². The molecule has 0 bridgehead atoms. The highest BCUT2D eigenvalue weighted by atomic mass is 32.2. The lowest BCUT2D eigenvalue weighted by Crippen LogP contribution is -2.50. The Hall–Kier alpha value is -1.04. The van der Waals surface area contributed by atoms with Gasteiger partial charge in [0.2, 0.25) is 5.91 Å². The van der Waals surface area contributed by atoms with Crippen LogP contribution in [0.4, 0.5) is 0 Å². The van der Waals surface area contributed by atoms with Gasteiger partial charge in [0.25, 0.3) is 0 Å². The van der Waals surface area contributed by atoms with E-state index in [0.29, 0.717) is 5.91 Å². The molecule has 3 aliphatic rings. The summed E-state index contributed by atoms with van der Waals surface area (Å²) in [5.74, 6) is 2.95. The maximum Gasteiger partial charge on any atom is 0.225 e. The molecule has 154 valence electrons. The first-order valence-electron chi connectivity index (χ1n) is 11.1. The number of thioether (sulfide) groups is 1. The van der Waals surface area contributed by atoms with E-state index in [0.717, 1.165) is 63.1 Å². The highest BCUT2D eigenvalue weighted by molar-refractivity contribution is 7.99. The normalized spacial score (nSPS) is 23.8. The van der Waals surface area contributed by atoms with Crippen molar-refractivity contribution in [3.8, 4) is 0 Å². The summed E-state index contributed by atoms with van der Waals surface area (Å²) >= 11 is 1.98. The molecule has 28 heavy (non-hydrogen) atoms. The van der Waals surface area contributed by atoms with E-state index in [1.165, 1.54) is 37.1 Å². The van der Waals surface area contributed by atoms with Crippen molar-refractivity contribution in [2.75, 3.05) is 50.8 Å². The number of rotatable bonds is 4. The van der Waals surface area contributed by atoms with E-state index in [4.69, 9.17) is 0 Å². The number of aryl methyl sites for hydroxylation is 1. The second-order valence-corrected chi connectivity index (χ2v) is 9.91. The topological polar surface area (TPSA) is 26.8 Å². The largest absolute Gasteiger partial charge is 0.341 e. The predicted octanol–water partition coefficient (Wildman–Crippen LogP) is 3.25. The third kappa shape index (κ3) is 4.92. The fourth-order valence-electron chi connectivity index (χ4n) is 5.02. The van der Waals surface area contributed by atoms with Crippen molar-refractivity contribution in [3.63, 3.8) is 0 Å². The van der Waals surface area contributed by atoms with Gasteiger partial charge in [-0.05, 0) is 69.9 Å². The van der Waals surface area contributed by atoms with Crippen molar-refractivity contribution in [2.24, 2.45) is 5.92 Å². The summed E-state index contributed by atoms with van der Waals surface area (Å²) in [5, 5.41) is 0. The molecule has 3 heterocycles. The minimum Gasteiger partial charge on any atom is -0.341 e. The molecule has 0 aliphatic carbocycles. The predicted molar refractivity (Wildman–Crippen MR) is 118 cm³/mol. The first-order chi connectivity index (χ1) is 13.7. The van der Waals surface area contributed by atoms with Crippen LogP contribution in [0.1, 0.15) is 36.8 Å². The summed E-state index contributed by atoms with van der Waals surface area (Å²) in [5.41, 5.74) is 2.88. The lowest BCUT2D eigenvalue weighted by Gasteiger charge is -2.42. The Morgan fingerprint density at radius 3 is 2.32 bits per heavy atom. The maximum absolute atomic E-state index is 12.8. The Morgan fingerprint density at radius 1 is 0.964 bits per heavy atom. The van der Waals surface area contributed by atoms with E-state index in [1.807, 2.05) is 11.8 Å². The van der Waals surface area contributed by atoms with Gasteiger partial charge in [-0.2, -0.15) is 11.8 Å². The highest BCUT2D eigenvalue weighted by Crippen LogP contribution is 2.26. The first kappa shape index (κ1) is 20.2. The summed E-state index contributed by atoms with van der Waals surface area (Å²) in [7, 11) is 0. The highest BCUT2D eigenvalue weighted by Gasteiger charge is 2.32. The Bertz CT molecular complexity index is 645. The van der Waals surface area contributed by atoms with Gasteiger partial charge in [0, 0.05) is 43.1 Å². The molecule has 3 aliphatic heterocycles. The van der Waals surface area contributed by atoms with Crippen LogP contribution >= 0.6 is 11.8 Å². The molecular formula is C23H35N3OS. The zero-order valence-corrected chi connectivity index (χ0v) is 18.1. The maximum atomic E-state index is 12.8. The van der Waals surface area contributed by atoms with Gasteiger partial charge < -0.3 is 9.80 Å². The van der Waals surface area contributed by atoms with Gasteiger partial charge in [-0.3, -0.25) is 9.69 Å². The SMILES string of the molecule is Cc1ccccc1CN1CCC(N2CCC(C(=O)N3CCSCC3)CC2)CC1. The molecule has 0 N–H and O–H groups in total. The molecule has 3 fully saturated rings. The molecule has 4 nitrogen and oxygen atoms in total. The van der Waals surface area contributed by atoms with Gasteiger partial charge in [0.15, 0.2) is 0 Å². The summed E-state index contributed by atoms with van der Waals surface area (Å²) in [4.78, 5) is 20.2. The van der Waals surface area contributed by atoms with Crippen molar-refractivity contribution in [2.45, 2.75) is 45.2 Å². The minimum atomic E-state index is 0.278. The fourth-order valence-corrected chi connectivity index (χ4v) is 5.93. The number of likely N-dealkylation sites (tertiary alicyclic amines) is 2. The first-order valence-corrected chi connectivity index (χ1v) is 12.2. The number of nitrogens with zero attached hydrogens (tertiary/aromatic N) is 3. The van der Waals surface area contributed by atoms with Gasteiger partial charge in [-0.15, -0.1) is 0 Å². The summed E-state index contributed by atoms with van der Waals surface area (Å²) in [6, 6.07) is 9.49. The average Bonchev–Trinajstić information content (AvgIpc) is 2.76. The Labute approximate surface area is 174 Å². The molecule has 1 aromatic rings. The smallest absolute Gasteiger partial charge is 0.225 e. The van der Waals surface area contributed by atoms with Crippen LogP contribution in [0.25, 0.3) is 0 Å². The zero-order chi connectivity index (χ0) is 19.3. The molecule has 1 amide bonds. The van der Waals surface area contributed by atoms with E-state index < -0.39 is 0 Å². The molecule has 0 aromatic heterocycles. The molecule has 0 saturated carbocycles. The van der Waals surface area contributed by atoms with Crippen LogP contribution in [0, 0.1) is 12.8 Å². The van der Waals surface area contributed by atoms with Gasteiger partial charge in [0.05, 0.1) is 0 Å². The molecule has 0 atom stereocenters. The number of piperidine rings is 2. The Kier molecular flexibility index (Phi) is 6.97. The second-order valence-electron chi connectivity index (χ2n) is 8.68. The molecular weight excluding hydrogens is 366 g/mol. The lowest BCUT2D eigenvalue weighted by atomic mass is 9.92. The summed E-state index contributed by atoms with van der Waals surface area (Å²) in [6.07, 6.45) is 4.67. The van der Waals surface area contributed by atoms with Gasteiger partial charge in [0.1, 0.15) is 0 Å². The Balaban J connectivity index is 1.21. The summed E-state index contributed by atoms with van der Waals surface area (Å²) in [6.45, 7) is 9.85. The van der Waals surface area contributed by atoms with E-state index in [2.05, 4.69) is 45.9 Å².